The van der Waals surface area contributed by atoms with Crippen molar-refractivity contribution in [2.24, 2.45) is 0 Å². The molecular formula is C9H7ClN4OS. The number of carbonyl (C=O) groups excluding carboxylic acids is 1. The van der Waals surface area contributed by atoms with Gasteiger partial charge in [0.2, 0.25) is 0 Å². The highest BCUT2D eigenvalue weighted by Gasteiger charge is 2.10. The van der Waals surface area contributed by atoms with E-state index in [0.29, 0.717) is 16.0 Å². The Balaban J connectivity index is 2.13. The highest BCUT2D eigenvalue weighted by molar-refractivity contribution is 7.13. The lowest BCUT2D eigenvalue weighted by atomic mass is 10.4. The molecule has 0 unspecified atom stereocenters. The molecule has 0 saturated heterocycles. The Bertz CT molecular complexity index is 528. The van der Waals surface area contributed by atoms with E-state index in [-0.39, 0.29) is 11.6 Å². The fourth-order valence-electron chi connectivity index (χ4n) is 1.05. The number of nitrogens with one attached hydrogen (secondary N) is 1. The molecule has 0 radical (unpaired) electrons. The van der Waals surface area contributed by atoms with Crippen LogP contribution in [-0.4, -0.2) is 15.9 Å². The van der Waals surface area contributed by atoms with Gasteiger partial charge in [-0.3, -0.25) is 4.79 Å². The first-order valence-corrected chi connectivity index (χ1v) is 5.55. The maximum Gasteiger partial charge on any atom is 0.276 e. The molecule has 2 heterocycles. The van der Waals surface area contributed by atoms with Crippen molar-refractivity contribution in [3.8, 4) is 0 Å². The van der Waals surface area contributed by atoms with Gasteiger partial charge in [-0.15, -0.1) is 11.3 Å². The fourth-order valence-corrected chi connectivity index (χ4v) is 1.75. The first-order valence-electron chi connectivity index (χ1n) is 4.29. The minimum absolute atomic E-state index is 0.268. The molecule has 0 aliphatic heterocycles. The van der Waals surface area contributed by atoms with Gasteiger partial charge in [0.25, 0.3) is 5.91 Å². The number of hydrogen-bond donors (Lipinski definition) is 2. The number of halogens is 1. The first-order chi connectivity index (χ1) is 7.65. The summed E-state index contributed by atoms with van der Waals surface area (Å²) in [6, 6.07) is 3.17. The number of pyridine rings is 1. The van der Waals surface area contributed by atoms with Gasteiger partial charge in [-0.2, -0.15) is 0 Å². The van der Waals surface area contributed by atoms with Crippen LogP contribution in [0.5, 0.6) is 0 Å². The zero-order chi connectivity index (χ0) is 11.5. The molecule has 0 aliphatic carbocycles. The van der Waals surface area contributed by atoms with Gasteiger partial charge in [-0.1, -0.05) is 11.6 Å². The molecular weight excluding hydrogens is 248 g/mol. The van der Waals surface area contributed by atoms with Gasteiger partial charge in [0.1, 0.15) is 11.5 Å². The smallest absolute Gasteiger partial charge is 0.276 e. The molecule has 0 aromatic carbocycles. The number of nitrogen functional groups attached to an aromatic ring is 1. The Morgan fingerprint density at radius 1 is 1.56 bits per heavy atom. The van der Waals surface area contributed by atoms with Crippen LogP contribution in [0.1, 0.15) is 10.5 Å². The Labute approximate surface area is 100 Å². The Kier molecular flexibility index (Phi) is 3.02. The molecule has 0 fully saturated rings. The molecule has 82 valence electrons. The van der Waals surface area contributed by atoms with E-state index in [1.165, 1.54) is 17.5 Å². The average molecular weight is 255 g/mol. The molecule has 0 spiro atoms. The normalized spacial score (nSPS) is 10.1. The van der Waals surface area contributed by atoms with Crippen LogP contribution < -0.4 is 11.1 Å². The van der Waals surface area contributed by atoms with Crippen molar-refractivity contribution in [1.29, 1.82) is 0 Å². The largest absolute Gasteiger partial charge is 0.375 e. The standard InChI is InChI=1S/C9H7ClN4OS/c10-5-1-2-12-7(3-5)14-8(15)6-4-16-9(11)13-6/h1-4H,(H2,11,13)(H,12,14,15). The number of amides is 1. The predicted molar refractivity (Wildman–Crippen MR) is 63.7 cm³/mol. The number of carbonyl (C=O) groups is 1. The molecule has 1 amide bonds. The van der Waals surface area contributed by atoms with E-state index < -0.39 is 0 Å². The number of anilines is 2. The maximum absolute atomic E-state index is 11.6. The van der Waals surface area contributed by atoms with E-state index in [2.05, 4.69) is 15.3 Å². The minimum atomic E-state index is -0.359. The summed E-state index contributed by atoms with van der Waals surface area (Å²) in [5.41, 5.74) is 5.69. The van der Waals surface area contributed by atoms with Crippen LogP contribution in [-0.2, 0) is 0 Å². The van der Waals surface area contributed by atoms with E-state index >= 15 is 0 Å². The predicted octanol–water partition coefficient (Wildman–Crippen LogP) is 2.03. The van der Waals surface area contributed by atoms with E-state index in [1.807, 2.05) is 0 Å². The van der Waals surface area contributed by atoms with E-state index in [1.54, 1.807) is 17.5 Å². The van der Waals surface area contributed by atoms with Crippen LogP contribution in [0.25, 0.3) is 0 Å². The third kappa shape index (κ3) is 2.47. The summed E-state index contributed by atoms with van der Waals surface area (Å²) in [6.45, 7) is 0. The van der Waals surface area contributed by atoms with Crippen molar-refractivity contribution in [2.75, 3.05) is 11.1 Å². The van der Waals surface area contributed by atoms with Crippen LogP contribution in [0.15, 0.2) is 23.7 Å². The van der Waals surface area contributed by atoms with Crippen molar-refractivity contribution in [3.63, 3.8) is 0 Å². The lowest BCUT2D eigenvalue weighted by Gasteiger charge is -2.01. The average Bonchev–Trinajstić information content (AvgIpc) is 2.65. The molecule has 5 nitrogen and oxygen atoms in total. The topological polar surface area (TPSA) is 80.9 Å². The molecule has 2 aromatic rings. The summed E-state index contributed by atoms with van der Waals surface area (Å²) in [6.07, 6.45) is 1.51. The molecule has 0 atom stereocenters. The molecule has 0 saturated carbocycles. The fraction of sp³-hybridized carbons (Fsp3) is 0. The third-order valence-corrected chi connectivity index (χ3v) is 2.63. The van der Waals surface area contributed by atoms with Crippen molar-refractivity contribution < 1.29 is 4.79 Å². The second kappa shape index (κ2) is 4.46. The third-order valence-electron chi connectivity index (χ3n) is 1.72. The van der Waals surface area contributed by atoms with Crippen LogP contribution in [0.4, 0.5) is 10.9 Å². The number of nitrogens with two attached hydrogens (primary N) is 1. The van der Waals surface area contributed by atoms with Gasteiger partial charge in [0, 0.05) is 16.6 Å². The zero-order valence-corrected chi connectivity index (χ0v) is 9.55. The Morgan fingerprint density at radius 2 is 2.38 bits per heavy atom. The molecule has 7 heteroatoms. The van der Waals surface area contributed by atoms with Crippen LogP contribution in [0.3, 0.4) is 0 Å². The van der Waals surface area contributed by atoms with Crippen molar-refractivity contribution >= 4 is 39.8 Å². The van der Waals surface area contributed by atoms with E-state index in [4.69, 9.17) is 17.3 Å². The monoisotopic (exact) mass is 254 g/mol. The van der Waals surface area contributed by atoms with E-state index in [0.717, 1.165) is 0 Å². The van der Waals surface area contributed by atoms with Gasteiger partial charge in [-0.05, 0) is 12.1 Å². The molecule has 0 aliphatic rings. The molecule has 0 bridgehead atoms. The number of hydrogen-bond acceptors (Lipinski definition) is 5. The maximum atomic E-state index is 11.6. The number of nitrogens with zero attached hydrogens (tertiary/aromatic N) is 2. The summed E-state index contributed by atoms with van der Waals surface area (Å²) >= 11 is 6.96. The van der Waals surface area contributed by atoms with Gasteiger partial charge in [0.05, 0.1) is 0 Å². The number of aromatic nitrogens is 2. The zero-order valence-electron chi connectivity index (χ0n) is 7.98. The first kappa shape index (κ1) is 10.8. The highest BCUT2D eigenvalue weighted by Crippen LogP contribution is 2.15. The lowest BCUT2D eigenvalue weighted by Crippen LogP contribution is -2.13. The Morgan fingerprint density at radius 3 is 3.00 bits per heavy atom. The van der Waals surface area contributed by atoms with Crippen LogP contribution in [0.2, 0.25) is 5.02 Å². The number of thiazole rings is 1. The van der Waals surface area contributed by atoms with E-state index in [9.17, 15) is 4.79 Å². The van der Waals surface area contributed by atoms with Crippen LogP contribution >= 0.6 is 22.9 Å². The van der Waals surface area contributed by atoms with Crippen LogP contribution in [0, 0.1) is 0 Å². The second-order valence-corrected chi connectivity index (χ2v) is 4.21. The summed E-state index contributed by atoms with van der Waals surface area (Å²) < 4.78 is 0. The lowest BCUT2D eigenvalue weighted by molar-refractivity contribution is 0.102. The Hall–Kier alpha value is -1.66. The quantitative estimate of drug-likeness (QED) is 0.859. The molecule has 2 rings (SSSR count). The summed E-state index contributed by atoms with van der Waals surface area (Å²) in [4.78, 5) is 19.4. The second-order valence-electron chi connectivity index (χ2n) is 2.88. The SMILES string of the molecule is Nc1nc(C(=O)Nc2cc(Cl)ccn2)cs1. The highest BCUT2D eigenvalue weighted by atomic mass is 35.5. The van der Waals surface area contributed by atoms with Crippen molar-refractivity contribution in [1.82, 2.24) is 9.97 Å². The minimum Gasteiger partial charge on any atom is -0.375 e. The van der Waals surface area contributed by atoms with Crippen molar-refractivity contribution in [3.05, 3.63) is 34.4 Å². The molecule has 3 N–H and O–H groups in total. The molecule has 2 aromatic heterocycles. The van der Waals surface area contributed by atoms with Crippen molar-refractivity contribution in [2.45, 2.75) is 0 Å². The van der Waals surface area contributed by atoms with Gasteiger partial charge < -0.3 is 11.1 Å². The van der Waals surface area contributed by atoms with Gasteiger partial charge in [0.15, 0.2) is 5.13 Å². The van der Waals surface area contributed by atoms with Gasteiger partial charge in [-0.25, -0.2) is 9.97 Å². The summed E-state index contributed by atoms with van der Waals surface area (Å²) in [7, 11) is 0. The summed E-state index contributed by atoms with van der Waals surface area (Å²) in [5.74, 6) is 0.0202. The summed E-state index contributed by atoms with van der Waals surface area (Å²) in [5, 5.41) is 5.00. The number of rotatable bonds is 2. The van der Waals surface area contributed by atoms with Gasteiger partial charge >= 0.3 is 0 Å². The molecule has 16 heavy (non-hydrogen) atoms.